The van der Waals surface area contributed by atoms with Gasteiger partial charge in [0.15, 0.2) is 0 Å². The molecule has 0 aromatic rings. The van der Waals surface area contributed by atoms with E-state index in [4.69, 9.17) is 16.3 Å². The third-order valence-electron chi connectivity index (χ3n) is 3.19. The van der Waals surface area contributed by atoms with E-state index in [9.17, 15) is 0 Å². The fraction of sp³-hybridized carbons (Fsp3) is 1.00. The molecule has 0 N–H and O–H groups in total. The zero-order chi connectivity index (χ0) is 10.2. The largest absolute Gasteiger partial charge is 0.378 e. The van der Waals surface area contributed by atoms with E-state index in [-0.39, 0.29) is 0 Å². The fourth-order valence-corrected chi connectivity index (χ4v) is 2.40. The van der Waals surface area contributed by atoms with Crippen molar-refractivity contribution in [3.05, 3.63) is 0 Å². The van der Waals surface area contributed by atoms with E-state index >= 15 is 0 Å². The van der Waals surface area contributed by atoms with Gasteiger partial charge in [0.2, 0.25) is 0 Å². The third-order valence-corrected chi connectivity index (χ3v) is 3.46. The monoisotopic (exact) mass is 218 g/mol. The van der Waals surface area contributed by atoms with E-state index in [1.165, 1.54) is 32.1 Å². The van der Waals surface area contributed by atoms with Gasteiger partial charge in [0.05, 0.1) is 6.10 Å². The van der Waals surface area contributed by atoms with Gasteiger partial charge in [0.1, 0.15) is 0 Å². The lowest BCUT2D eigenvalue weighted by Gasteiger charge is -2.28. The lowest BCUT2D eigenvalue weighted by atomic mass is 9.85. The van der Waals surface area contributed by atoms with Crippen molar-refractivity contribution < 1.29 is 4.74 Å². The van der Waals surface area contributed by atoms with Crippen LogP contribution in [0.1, 0.15) is 51.9 Å². The second-order valence-electron chi connectivity index (χ2n) is 4.33. The summed E-state index contributed by atoms with van der Waals surface area (Å²) in [5, 5.41) is 0. The van der Waals surface area contributed by atoms with Gasteiger partial charge in [-0.2, -0.15) is 0 Å². The van der Waals surface area contributed by atoms with Gasteiger partial charge in [-0.1, -0.05) is 26.2 Å². The molecule has 1 aliphatic rings. The van der Waals surface area contributed by atoms with Crippen LogP contribution in [0.3, 0.4) is 0 Å². The maximum absolute atomic E-state index is 5.86. The molecule has 0 amide bonds. The average molecular weight is 219 g/mol. The molecule has 1 rings (SSSR count). The first-order valence-corrected chi connectivity index (χ1v) is 6.57. The number of hydrogen-bond donors (Lipinski definition) is 0. The molecule has 0 spiro atoms. The second kappa shape index (κ2) is 7.53. The van der Waals surface area contributed by atoms with E-state index in [1.54, 1.807) is 0 Å². The highest BCUT2D eigenvalue weighted by Gasteiger charge is 2.20. The highest BCUT2D eigenvalue weighted by Crippen LogP contribution is 2.28. The summed E-state index contributed by atoms with van der Waals surface area (Å²) in [6.45, 7) is 3.20. The SMILES string of the molecule is CCC1CCCC(OCCCCCl)C1. The van der Waals surface area contributed by atoms with Crippen LogP contribution < -0.4 is 0 Å². The first kappa shape index (κ1) is 12.3. The van der Waals surface area contributed by atoms with Crippen LogP contribution in [0.4, 0.5) is 0 Å². The summed E-state index contributed by atoms with van der Waals surface area (Å²) in [5.74, 6) is 1.69. The molecular formula is C12H23ClO. The quantitative estimate of drug-likeness (QED) is 0.484. The van der Waals surface area contributed by atoms with Gasteiger partial charge < -0.3 is 4.74 Å². The Labute approximate surface area is 93.2 Å². The molecule has 0 aromatic heterocycles. The fourth-order valence-electron chi connectivity index (χ4n) is 2.21. The Hall–Kier alpha value is 0.250. The van der Waals surface area contributed by atoms with Crippen LogP contribution in [0, 0.1) is 5.92 Å². The Morgan fingerprint density at radius 2 is 2.14 bits per heavy atom. The highest BCUT2D eigenvalue weighted by molar-refractivity contribution is 6.17. The number of halogens is 1. The normalized spacial score (nSPS) is 27.9. The number of rotatable bonds is 6. The minimum atomic E-state index is 0.545. The van der Waals surface area contributed by atoms with Gasteiger partial charge >= 0.3 is 0 Å². The summed E-state index contributed by atoms with van der Waals surface area (Å²) < 4.78 is 5.86. The average Bonchev–Trinajstić information content (AvgIpc) is 2.25. The summed E-state index contributed by atoms with van der Waals surface area (Å²) in [7, 11) is 0. The lowest BCUT2D eigenvalue weighted by molar-refractivity contribution is 0.0113. The van der Waals surface area contributed by atoms with E-state index in [1.807, 2.05) is 0 Å². The smallest absolute Gasteiger partial charge is 0.0577 e. The summed E-state index contributed by atoms with van der Waals surface area (Å²) >= 11 is 5.61. The van der Waals surface area contributed by atoms with Crippen molar-refractivity contribution in [2.45, 2.75) is 58.0 Å². The molecule has 14 heavy (non-hydrogen) atoms. The van der Waals surface area contributed by atoms with Crippen LogP contribution in [-0.4, -0.2) is 18.6 Å². The van der Waals surface area contributed by atoms with Crippen LogP contribution in [0.15, 0.2) is 0 Å². The molecule has 0 aromatic carbocycles. The molecule has 0 saturated heterocycles. The van der Waals surface area contributed by atoms with Crippen molar-refractivity contribution in [1.82, 2.24) is 0 Å². The zero-order valence-corrected chi connectivity index (χ0v) is 10.1. The molecule has 2 unspecified atom stereocenters. The number of unbranched alkanes of at least 4 members (excludes halogenated alkanes) is 1. The summed E-state index contributed by atoms with van der Waals surface area (Å²) in [6, 6.07) is 0. The van der Waals surface area contributed by atoms with Crippen molar-refractivity contribution in [3.8, 4) is 0 Å². The van der Waals surface area contributed by atoms with Gasteiger partial charge in [0, 0.05) is 12.5 Å². The zero-order valence-electron chi connectivity index (χ0n) is 9.30. The molecule has 84 valence electrons. The van der Waals surface area contributed by atoms with Gasteiger partial charge in [0.25, 0.3) is 0 Å². The molecule has 2 heteroatoms. The number of hydrogen-bond acceptors (Lipinski definition) is 1. The van der Waals surface area contributed by atoms with Crippen molar-refractivity contribution in [3.63, 3.8) is 0 Å². The first-order chi connectivity index (χ1) is 6.86. The number of ether oxygens (including phenoxy) is 1. The van der Waals surface area contributed by atoms with Crippen molar-refractivity contribution >= 4 is 11.6 Å². The molecule has 2 atom stereocenters. The van der Waals surface area contributed by atoms with Gasteiger partial charge in [-0.05, 0) is 31.6 Å². The van der Waals surface area contributed by atoms with E-state index in [2.05, 4.69) is 6.92 Å². The lowest BCUT2D eigenvalue weighted by Crippen LogP contribution is -2.23. The molecule has 0 bridgehead atoms. The molecular weight excluding hydrogens is 196 g/mol. The van der Waals surface area contributed by atoms with E-state index in [0.717, 1.165) is 31.2 Å². The first-order valence-electron chi connectivity index (χ1n) is 6.04. The predicted octanol–water partition coefficient (Wildman–Crippen LogP) is 3.99. The van der Waals surface area contributed by atoms with Crippen LogP contribution in [0.25, 0.3) is 0 Å². The Bertz CT molecular complexity index is 138. The standard InChI is InChI=1S/C12H23ClO/c1-2-11-6-5-7-12(10-11)14-9-4-3-8-13/h11-12H,2-10H2,1H3. The summed E-state index contributed by atoms with van der Waals surface area (Å²) in [5.41, 5.74) is 0. The molecule has 1 saturated carbocycles. The van der Waals surface area contributed by atoms with Crippen molar-refractivity contribution in [2.24, 2.45) is 5.92 Å². The Morgan fingerprint density at radius 3 is 2.86 bits per heavy atom. The van der Waals surface area contributed by atoms with Gasteiger partial charge in [-0.25, -0.2) is 0 Å². The summed E-state index contributed by atoms with van der Waals surface area (Å²) in [4.78, 5) is 0. The third kappa shape index (κ3) is 4.65. The molecule has 1 nitrogen and oxygen atoms in total. The van der Waals surface area contributed by atoms with Gasteiger partial charge in [-0.15, -0.1) is 11.6 Å². The molecule has 1 fully saturated rings. The highest BCUT2D eigenvalue weighted by atomic mass is 35.5. The van der Waals surface area contributed by atoms with Crippen molar-refractivity contribution in [2.75, 3.05) is 12.5 Å². The van der Waals surface area contributed by atoms with E-state index in [0.29, 0.717) is 6.10 Å². The summed E-state index contributed by atoms with van der Waals surface area (Å²) in [6.07, 6.45) is 9.42. The van der Waals surface area contributed by atoms with Crippen LogP contribution in [0.5, 0.6) is 0 Å². The Balaban J connectivity index is 2.05. The molecule has 0 radical (unpaired) electrons. The Morgan fingerprint density at radius 1 is 1.29 bits per heavy atom. The number of alkyl halides is 1. The second-order valence-corrected chi connectivity index (χ2v) is 4.71. The van der Waals surface area contributed by atoms with Crippen molar-refractivity contribution in [1.29, 1.82) is 0 Å². The molecule has 1 aliphatic carbocycles. The minimum Gasteiger partial charge on any atom is -0.378 e. The maximum atomic E-state index is 5.86. The van der Waals surface area contributed by atoms with E-state index < -0.39 is 0 Å². The van der Waals surface area contributed by atoms with Gasteiger partial charge in [-0.3, -0.25) is 0 Å². The maximum Gasteiger partial charge on any atom is 0.0577 e. The molecule has 0 aliphatic heterocycles. The van der Waals surface area contributed by atoms with Crippen LogP contribution in [0.2, 0.25) is 0 Å². The predicted molar refractivity (Wildman–Crippen MR) is 61.9 cm³/mol. The van der Waals surface area contributed by atoms with Crippen LogP contribution >= 0.6 is 11.6 Å². The Kier molecular flexibility index (Phi) is 6.63. The topological polar surface area (TPSA) is 9.23 Å². The van der Waals surface area contributed by atoms with Crippen LogP contribution in [-0.2, 0) is 4.74 Å². The minimum absolute atomic E-state index is 0.545. The molecule has 0 heterocycles.